The van der Waals surface area contributed by atoms with Gasteiger partial charge in [-0.2, -0.15) is 4.98 Å². The van der Waals surface area contributed by atoms with Crippen molar-refractivity contribution in [3.63, 3.8) is 0 Å². The van der Waals surface area contributed by atoms with Crippen molar-refractivity contribution in [1.29, 1.82) is 0 Å². The first-order chi connectivity index (χ1) is 9.56. The third-order valence-corrected chi connectivity index (χ3v) is 5.06. The van der Waals surface area contributed by atoms with Gasteiger partial charge in [0.15, 0.2) is 5.58 Å². The van der Waals surface area contributed by atoms with Gasteiger partial charge in [0.1, 0.15) is 5.52 Å². The van der Waals surface area contributed by atoms with Crippen molar-refractivity contribution in [3.05, 3.63) is 53.0 Å². The highest BCUT2D eigenvalue weighted by Crippen LogP contribution is 2.29. The smallest absolute Gasteiger partial charge is 0.331 e. The van der Waals surface area contributed by atoms with Crippen LogP contribution in [0.15, 0.2) is 66.7 Å². The maximum absolute atomic E-state index is 12.6. The summed E-state index contributed by atoms with van der Waals surface area (Å²) in [7, 11) is -2.57. The van der Waals surface area contributed by atoms with Gasteiger partial charge in [-0.05, 0) is 40.2 Å². The van der Waals surface area contributed by atoms with Crippen LogP contribution in [0.3, 0.4) is 0 Å². The lowest BCUT2D eigenvalue weighted by molar-refractivity contribution is 0.611. The van der Waals surface area contributed by atoms with Gasteiger partial charge in [-0.3, -0.25) is 0 Å². The van der Waals surface area contributed by atoms with Gasteiger partial charge in [0.25, 0.3) is 0 Å². The number of hydrogen-bond acceptors (Lipinski definition) is 4. The molecule has 0 bridgehead atoms. The second-order valence-electron chi connectivity index (χ2n) is 4.29. The van der Waals surface area contributed by atoms with E-state index < -0.39 is 9.73 Å². The molecule has 1 aromatic heterocycles. The molecule has 20 heavy (non-hydrogen) atoms. The zero-order chi connectivity index (χ0) is 14.2. The van der Waals surface area contributed by atoms with Crippen LogP contribution < -0.4 is 0 Å². The molecule has 1 unspecified atom stereocenters. The fourth-order valence-corrected chi connectivity index (χ4v) is 3.40. The van der Waals surface area contributed by atoms with Gasteiger partial charge in [0.05, 0.1) is 14.2 Å². The van der Waals surface area contributed by atoms with E-state index >= 15 is 0 Å². The molecule has 0 saturated heterocycles. The lowest BCUT2D eigenvalue weighted by atomic mass is 10.3. The van der Waals surface area contributed by atoms with E-state index in [1.807, 2.05) is 36.4 Å². The molecule has 1 heterocycles. The van der Waals surface area contributed by atoms with Crippen LogP contribution >= 0.6 is 15.9 Å². The van der Waals surface area contributed by atoms with Gasteiger partial charge < -0.3 is 4.42 Å². The summed E-state index contributed by atoms with van der Waals surface area (Å²) >= 11 is 3.39. The Morgan fingerprint density at radius 1 is 1.15 bits per heavy atom. The van der Waals surface area contributed by atoms with Gasteiger partial charge in [-0.1, -0.05) is 24.3 Å². The Morgan fingerprint density at radius 3 is 2.60 bits per heavy atom. The molecule has 2 aromatic carbocycles. The molecule has 0 spiro atoms. The number of fused-ring (bicyclic) bond motifs is 1. The number of hydrogen-bond donors (Lipinski definition) is 0. The van der Waals surface area contributed by atoms with Crippen molar-refractivity contribution in [1.82, 2.24) is 4.98 Å². The van der Waals surface area contributed by atoms with E-state index in [0.717, 1.165) is 4.47 Å². The first-order valence-electron chi connectivity index (χ1n) is 5.88. The van der Waals surface area contributed by atoms with Crippen LogP contribution in [-0.2, 0) is 9.73 Å². The summed E-state index contributed by atoms with van der Waals surface area (Å²) in [4.78, 5) is 4.90. The van der Waals surface area contributed by atoms with Crippen molar-refractivity contribution in [2.75, 3.05) is 6.26 Å². The Bertz CT molecular complexity index is 881. The lowest BCUT2D eigenvalue weighted by Gasteiger charge is -2.01. The van der Waals surface area contributed by atoms with Gasteiger partial charge in [-0.15, -0.1) is 4.36 Å². The Kier molecular flexibility index (Phi) is 3.35. The molecule has 0 aliphatic carbocycles. The third-order valence-electron chi connectivity index (χ3n) is 2.79. The minimum atomic E-state index is -2.57. The molecule has 4 nitrogen and oxygen atoms in total. The number of nitrogens with zero attached hydrogens (tertiary/aromatic N) is 2. The Labute approximate surface area is 125 Å². The predicted octanol–water partition coefficient (Wildman–Crippen LogP) is 4.38. The Balaban J connectivity index is 2.15. The summed E-state index contributed by atoms with van der Waals surface area (Å²) in [5.41, 5.74) is 1.29. The highest BCUT2D eigenvalue weighted by molar-refractivity contribution is 9.10. The van der Waals surface area contributed by atoms with E-state index in [2.05, 4.69) is 25.3 Å². The largest absolute Gasteiger partial charge is 0.420 e. The van der Waals surface area contributed by atoms with Gasteiger partial charge in [0, 0.05) is 11.2 Å². The second-order valence-corrected chi connectivity index (χ2v) is 7.40. The van der Waals surface area contributed by atoms with Crippen LogP contribution in [0.1, 0.15) is 0 Å². The van der Waals surface area contributed by atoms with Crippen LogP contribution in [0.4, 0.5) is 6.01 Å². The van der Waals surface area contributed by atoms with Crippen LogP contribution in [0.25, 0.3) is 11.1 Å². The molecular formula is C14H11BrN2O2S. The van der Waals surface area contributed by atoms with Crippen LogP contribution in [-0.4, -0.2) is 15.4 Å². The van der Waals surface area contributed by atoms with E-state index in [-0.39, 0.29) is 6.01 Å². The SMILES string of the molecule is CS(=O)(=Nc1nc2cccc(Br)c2o1)c1ccccc1. The molecule has 0 saturated carbocycles. The van der Waals surface area contributed by atoms with E-state index in [1.54, 1.807) is 18.4 Å². The number of para-hydroxylation sites is 1. The summed E-state index contributed by atoms with van der Waals surface area (Å²) in [6, 6.07) is 14.8. The van der Waals surface area contributed by atoms with E-state index in [4.69, 9.17) is 4.42 Å². The molecule has 3 aromatic rings. The molecule has 0 aliphatic heterocycles. The number of halogens is 1. The second kappa shape index (κ2) is 5.03. The van der Waals surface area contributed by atoms with Gasteiger partial charge >= 0.3 is 6.01 Å². The molecule has 0 N–H and O–H groups in total. The van der Waals surface area contributed by atoms with Gasteiger partial charge in [-0.25, -0.2) is 4.21 Å². The molecule has 0 radical (unpaired) electrons. The normalized spacial score (nSPS) is 14.1. The summed E-state index contributed by atoms with van der Waals surface area (Å²) in [5, 5.41) is 0. The summed E-state index contributed by atoms with van der Waals surface area (Å²) in [6.45, 7) is 0. The molecule has 1 atom stereocenters. The summed E-state index contributed by atoms with van der Waals surface area (Å²) in [6.07, 6.45) is 1.58. The Hall–Kier alpha value is -1.66. The maximum Gasteiger partial charge on any atom is 0.331 e. The number of oxazole rings is 1. The topological polar surface area (TPSA) is 55.5 Å². The van der Waals surface area contributed by atoms with Crippen molar-refractivity contribution < 1.29 is 8.63 Å². The number of benzene rings is 2. The van der Waals surface area contributed by atoms with Gasteiger partial charge in [0.2, 0.25) is 0 Å². The van der Waals surface area contributed by atoms with Crippen molar-refractivity contribution >= 4 is 42.8 Å². The molecule has 0 amide bonds. The average Bonchev–Trinajstić information content (AvgIpc) is 2.83. The minimum Gasteiger partial charge on any atom is -0.420 e. The van der Waals surface area contributed by atoms with Crippen LogP contribution in [0.2, 0.25) is 0 Å². The monoisotopic (exact) mass is 350 g/mol. The molecule has 0 aliphatic rings. The Morgan fingerprint density at radius 2 is 1.90 bits per heavy atom. The fourth-order valence-electron chi connectivity index (χ4n) is 1.82. The third kappa shape index (κ3) is 2.48. The summed E-state index contributed by atoms with van der Waals surface area (Å²) < 4.78 is 23.2. The van der Waals surface area contributed by atoms with Crippen molar-refractivity contribution in [2.24, 2.45) is 4.36 Å². The lowest BCUT2D eigenvalue weighted by Crippen LogP contribution is -1.96. The van der Waals surface area contributed by atoms with Crippen LogP contribution in [0, 0.1) is 0 Å². The van der Waals surface area contributed by atoms with E-state index in [9.17, 15) is 4.21 Å². The predicted molar refractivity (Wildman–Crippen MR) is 82.6 cm³/mol. The molecule has 102 valence electrons. The minimum absolute atomic E-state index is 0.128. The first-order valence-corrected chi connectivity index (χ1v) is 8.60. The van der Waals surface area contributed by atoms with Crippen molar-refractivity contribution in [2.45, 2.75) is 4.90 Å². The molecule has 3 rings (SSSR count). The average molecular weight is 351 g/mol. The van der Waals surface area contributed by atoms with Crippen LogP contribution in [0.5, 0.6) is 0 Å². The summed E-state index contributed by atoms with van der Waals surface area (Å²) in [5.74, 6) is 0. The van der Waals surface area contributed by atoms with E-state index in [1.165, 1.54) is 0 Å². The number of rotatable bonds is 2. The van der Waals surface area contributed by atoms with E-state index in [0.29, 0.717) is 16.0 Å². The molecule has 6 heteroatoms. The molecular weight excluding hydrogens is 340 g/mol. The molecule has 0 fully saturated rings. The standard InChI is InChI=1S/C14H11BrN2O2S/c1-20(18,10-6-3-2-4-7-10)17-14-16-12-9-5-8-11(15)13(12)19-14/h2-9H,1H3. The van der Waals surface area contributed by atoms with Crippen molar-refractivity contribution in [3.8, 4) is 0 Å². The zero-order valence-corrected chi connectivity index (χ0v) is 13.0. The first kappa shape index (κ1) is 13.3. The maximum atomic E-state index is 12.6. The fraction of sp³-hybridized carbons (Fsp3) is 0.0714. The highest BCUT2D eigenvalue weighted by atomic mass is 79.9. The number of aromatic nitrogens is 1. The highest BCUT2D eigenvalue weighted by Gasteiger charge is 2.11. The zero-order valence-electron chi connectivity index (χ0n) is 10.6. The quantitative estimate of drug-likeness (QED) is 0.689.